The Kier molecular flexibility index (Phi) is 3.29. The predicted octanol–water partition coefficient (Wildman–Crippen LogP) is 0.943. The van der Waals surface area contributed by atoms with Gasteiger partial charge in [-0.2, -0.15) is 4.31 Å². The Balaban J connectivity index is 2.06. The van der Waals surface area contributed by atoms with Crippen LogP contribution in [0.3, 0.4) is 0 Å². The summed E-state index contributed by atoms with van der Waals surface area (Å²) in [6, 6.07) is 0.168. The second kappa shape index (κ2) is 4.27. The van der Waals surface area contributed by atoms with Crippen LogP contribution in [0.2, 0.25) is 0 Å². The summed E-state index contributed by atoms with van der Waals surface area (Å²) < 4.78 is 26.3. The number of hydrogen-bond donors (Lipinski definition) is 1. The van der Waals surface area contributed by atoms with Crippen molar-refractivity contribution in [3.63, 3.8) is 0 Å². The molecule has 2 saturated heterocycles. The van der Waals surface area contributed by atoms with Crippen molar-refractivity contribution in [3.05, 3.63) is 0 Å². The van der Waals surface area contributed by atoms with E-state index >= 15 is 0 Å². The molecule has 5 heteroatoms. The molecule has 0 spiro atoms. The first-order valence-electron chi connectivity index (χ1n) is 6.16. The minimum Gasteiger partial charge on any atom is -0.313 e. The molecule has 4 nitrogen and oxygen atoms in total. The van der Waals surface area contributed by atoms with Gasteiger partial charge in [-0.1, -0.05) is 0 Å². The van der Waals surface area contributed by atoms with E-state index in [-0.39, 0.29) is 17.3 Å². The van der Waals surface area contributed by atoms with Crippen LogP contribution in [0, 0.1) is 0 Å². The topological polar surface area (TPSA) is 49.4 Å². The van der Waals surface area contributed by atoms with E-state index in [2.05, 4.69) is 5.32 Å². The highest BCUT2D eigenvalue weighted by Crippen LogP contribution is 2.31. The number of rotatable bonds is 3. The Hall–Kier alpha value is -0.130. The first-order chi connectivity index (χ1) is 7.42. The van der Waals surface area contributed by atoms with Gasteiger partial charge >= 0.3 is 0 Å². The zero-order valence-electron chi connectivity index (χ0n) is 10.2. The van der Waals surface area contributed by atoms with Crippen molar-refractivity contribution < 1.29 is 8.42 Å². The average molecular weight is 246 g/mol. The van der Waals surface area contributed by atoms with Gasteiger partial charge in [-0.05, 0) is 46.1 Å². The van der Waals surface area contributed by atoms with Crippen LogP contribution >= 0.6 is 0 Å². The lowest BCUT2D eigenvalue weighted by Crippen LogP contribution is -2.46. The third kappa shape index (κ3) is 2.41. The Morgan fingerprint density at radius 1 is 1.38 bits per heavy atom. The van der Waals surface area contributed by atoms with Gasteiger partial charge in [-0.15, -0.1) is 0 Å². The smallest absolute Gasteiger partial charge is 0.216 e. The average Bonchev–Trinajstić information content (AvgIpc) is 2.73. The standard InChI is InChI=1S/C11H22N2O2S/c1-11(2)6-4-8-13(11)16(14,15)9-10-5-3-7-12-10/h10,12H,3-9H2,1-2H3. The predicted molar refractivity (Wildman–Crippen MR) is 64.8 cm³/mol. The minimum absolute atomic E-state index is 0.168. The Labute approximate surface area is 98.4 Å². The van der Waals surface area contributed by atoms with Gasteiger partial charge in [0.05, 0.1) is 5.75 Å². The Morgan fingerprint density at radius 2 is 2.12 bits per heavy atom. The number of sulfonamides is 1. The largest absolute Gasteiger partial charge is 0.313 e. The highest BCUT2D eigenvalue weighted by atomic mass is 32.2. The van der Waals surface area contributed by atoms with Crippen LogP contribution in [0.4, 0.5) is 0 Å². The van der Waals surface area contributed by atoms with E-state index in [0.717, 1.165) is 32.2 Å². The normalized spacial score (nSPS) is 31.0. The van der Waals surface area contributed by atoms with Gasteiger partial charge in [0, 0.05) is 18.1 Å². The van der Waals surface area contributed by atoms with Crippen molar-refractivity contribution in [2.75, 3.05) is 18.8 Å². The summed E-state index contributed by atoms with van der Waals surface area (Å²) in [5.41, 5.74) is -0.183. The molecule has 0 radical (unpaired) electrons. The summed E-state index contributed by atoms with van der Waals surface area (Å²) in [7, 11) is -3.08. The van der Waals surface area contributed by atoms with Crippen LogP contribution in [0.1, 0.15) is 39.5 Å². The molecule has 1 atom stereocenters. The Bertz CT molecular complexity index is 345. The zero-order chi connectivity index (χ0) is 11.8. The van der Waals surface area contributed by atoms with Crippen LogP contribution in [0.15, 0.2) is 0 Å². The molecule has 0 aliphatic carbocycles. The van der Waals surface area contributed by atoms with E-state index in [0.29, 0.717) is 6.54 Å². The van der Waals surface area contributed by atoms with Crippen molar-refractivity contribution in [2.24, 2.45) is 0 Å². The van der Waals surface area contributed by atoms with Crippen LogP contribution in [0.25, 0.3) is 0 Å². The van der Waals surface area contributed by atoms with Gasteiger partial charge in [0.2, 0.25) is 10.0 Å². The van der Waals surface area contributed by atoms with E-state index in [1.807, 2.05) is 13.8 Å². The maximum atomic E-state index is 12.3. The molecule has 94 valence electrons. The molecule has 0 bridgehead atoms. The van der Waals surface area contributed by atoms with E-state index < -0.39 is 10.0 Å². The molecule has 2 rings (SSSR count). The van der Waals surface area contributed by atoms with Gasteiger partial charge in [0.15, 0.2) is 0 Å². The lowest BCUT2D eigenvalue weighted by Gasteiger charge is -2.31. The summed E-state index contributed by atoms with van der Waals surface area (Å²) in [6.07, 6.45) is 4.06. The van der Waals surface area contributed by atoms with Crippen molar-refractivity contribution >= 4 is 10.0 Å². The molecule has 0 aromatic rings. The summed E-state index contributed by atoms with van der Waals surface area (Å²) in [5.74, 6) is 0.274. The summed E-state index contributed by atoms with van der Waals surface area (Å²) >= 11 is 0. The third-order valence-corrected chi connectivity index (χ3v) is 5.91. The fourth-order valence-corrected chi connectivity index (χ4v) is 5.07. The maximum absolute atomic E-state index is 12.3. The highest BCUT2D eigenvalue weighted by Gasteiger charge is 2.40. The molecule has 0 aromatic carbocycles. The molecule has 0 saturated carbocycles. The van der Waals surface area contributed by atoms with Crippen LogP contribution < -0.4 is 5.32 Å². The highest BCUT2D eigenvalue weighted by molar-refractivity contribution is 7.89. The molecule has 1 N–H and O–H groups in total. The summed E-state index contributed by atoms with van der Waals surface area (Å²) in [6.45, 7) is 5.71. The first kappa shape index (κ1) is 12.3. The fraction of sp³-hybridized carbons (Fsp3) is 1.00. The van der Waals surface area contributed by atoms with Crippen molar-refractivity contribution in [2.45, 2.75) is 51.1 Å². The van der Waals surface area contributed by atoms with Gasteiger partial charge in [-0.25, -0.2) is 8.42 Å². The van der Waals surface area contributed by atoms with Crippen molar-refractivity contribution in [1.82, 2.24) is 9.62 Å². The lowest BCUT2D eigenvalue weighted by molar-refractivity contribution is 0.290. The minimum atomic E-state index is -3.08. The fourth-order valence-electron chi connectivity index (χ4n) is 2.84. The number of nitrogens with one attached hydrogen (secondary N) is 1. The van der Waals surface area contributed by atoms with Gasteiger partial charge in [-0.3, -0.25) is 0 Å². The molecular weight excluding hydrogens is 224 g/mol. The molecular formula is C11H22N2O2S. The molecule has 2 aliphatic rings. The van der Waals surface area contributed by atoms with Crippen LogP contribution in [-0.4, -0.2) is 43.1 Å². The third-order valence-electron chi connectivity index (χ3n) is 3.73. The van der Waals surface area contributed by atoms with E-state index in [9.17, 15) is 8.42 Å². The molecule has 2 aliphatic heterocycles. The summed E-state index contributed by atoms with van der Waals surface area (Å²) in [4.78, 5) is 0. The van der Waals surface area contributed by atoms with Gasteiger partial charge < -0.3 is 5.32 Å². The zero-order valence-corrected chi connectivity index (χ0v) is 11.0. The molecule has 1 unspecified atom stereocenters. The molecule has 0 amide bonds. The van der Waals surface area contributed by atoms with E-state index in [4.69, 9.17) is 0 Å². The van der Waals surface area contributed by atoms with Gasteiger partial charge in [0.1, 0.15) is 0 Å². The molecule has 0 aromatic heterocycles. The second-order valence-electron chi connectivity index (χ2n) is 5.56. The van der Waals surface area contributed by atoms with Crippen LogP contribution in [-0.2, 0) is 10.0 Å². The quantitative estimate of drug-likeness (QED) is 0.806. The lowest BCUT2D eigenvalue weighted by atomic mass is 10.0. The van der Waals surface area contributed by atoms with Crippen molar-refractivity contribution in [1.29, 1.82) is 0 Å². The van der Waals surface area contributed by atoms with E-state index in [1.165, 1.54) is 0 Å². The molecule has 2 fully saturated rings. The van der Waals surface area contributed by atoms with Crippen LogP contribution in [0.5, 0.6) is 0 Å². The second-order valence-corrected chi connectivity index (χ2v) is 7.50. The van der Waals surface area contributed by atoms with Crippen molar-refractivity contribution in [3.8, 4) is 0 Å². The molecule has 2 heterocycles. The number of nitrogens with zero attached hydrogens (tertiary/aromatic N) is 1. The molecule has 16 heavy (non-hydrogen) atoms. The SMILES string of the molecule is CC1(C)CCCN1S(=O)(=O)CC1CCCN1. The maximum Gasteiger partial charge on any atom is 0.216 e. The van der Waals surface area contributed by atoms with E-state index in [1.54, 1.807) is 4.31 Å². The number of hydrogen-bond acceptors (Lipinski definition) is 3. The first-order valence-corrected chi connectivity index (χ1v) is 7.77. The van der Waals surface area contributed by atoms with Gasteiger partial charge in [0.25, 0.3) is 0 Å². The summed E-state index contributed by atoms with van der Waals surface area (Å²) in [5, 5.41) is 3.26. The Morgan fingerprint density at radius 3 is 2.62 bits per heavy atom. The monoisotopic (exact) mass is 246 g/mol.